The van der Waals surface area contributed by atoms with Gasteiger partial charge in [-0.1, -0.05) is 36.8 Å². The molecule has 0 aliphatic rings. The van der Waals surface area contributed by atoms with Gasteiger partial charge in [-0.25, -0.2) is 0 Å². The first-order chi connectivity index (χ1) is 6.95. The van der Waals surface area contributed by atoms with Gasteiger partial charge in [-0.15, -0.1) is 0 Å². The Morgan fingerprint density at radius 1 is 1.40 bits per heavy atom. The molecule has 0 heterocycles. The standard InChI is InChI=1S/C13H20O2/c1-4-13(3,15)12(14)9-11-7-5-6-10(2)8-11/h5-8,12,14-15H,4,9H2,1-3H3. The highest BCUT2D eigenvalue weighted by Crippen LogP contribution is 2.18. The van der Waals surface area contributed by atoms with Crippen LogP contribution in [-0.2, 0) is 6.42 Å². The molecule has 0 saturated heterocycles. The largest absolute Gasteiger partial charge is 0.390 e. The molecule has 2 unspecified atom stereocenters. The zero-order chi connectivity index (χ0) is 11.5. The van der Waals surface area contributed by atoms with Gasteiger partial charge in [0.2, 0.25) is 0 Å². The molecule has 84 valence electrons. The monoisotopic (exact) mass is 208 g/mol. The summed E-state index contributed by atoms with van der Waals surface area (Å²) in [5, 5.41) is 19.7. The number of hydrogen-bond acceptors (Lipinski definition) is 2. The predicted octanol–water partition coefficient (Wildman–Crippen LogP) is 2.06. The first kappa shape index (κ1) is 12.2. The zero-order valence-corrected chi connectivity index (χ0v) is 9.70. The third-order valence-electron chi connectivity index (χ3n) is 2.95. The van der Waals surface area contributed by atoms with E-state index in [-0.39, 0.29) is 0 Å². The van der Waals surface area contributed by atoms with Gasteiger partial charge in [0.25, 0.3) is 0 Å². The van der Waals surface area contributed by atoms with E-state index in [0.29, 0.717) is 12.8 Å². The predicted molar refractivity (Wildman–Crippen MR) is 61.8 cm³/mol. The number of aliphatic hydroxyl groups is 2. The number of aliphatic hydroxyl groups excluding tert-OH is 1. The second kappa shape index (κ2) is 4.77. The summed E-state index contributed by atoms with van der Waals surface area (Å²) in [7, 11) is 0. The second-order valence-electron chi connectivity index (χ2n) is 4.42. The summed E-state index contributed by atoms with van der Waals surface area (Å²) in [5.74, 6) is 0. The van der Waals surface area contributed by atoms with Crippen molar-refractivity contribution in [1.29, 1.82) is 0 Å². The lowest BCUT2D eigenvalue weighted by atomic mass is 9.91. The smallest absolute Gasteiger partial charge is 0.0878 e. The first-order valence-corrected chi connectivity index (χ1v) is 5.41. The van der Waals surface area contributed by atoms with Gasteiger partial charge < -0.3 is 10.2 Å². The molecule has 0 aliphatic heterocycles. The van der Waals surface area contributed by atoms with E-state index in [1.54, 1.807) is 6.92 Å². The van der Waals surface area contributed by atoms with E-state index < -0.39 is 11.7 Å². The minimum absolute atomic E-state index is 0.502. The van der Waals surface area contributed by atoms with Gasteiger partial charge in [0.1, 0.15) is 0 Å². The van der Waals surface area contributed by atoms with Crippen molar-refractivity contribution in [3.63, 3.8) is 0 Å². The van der Waals surface area contributed by atoms with Crippen molar-refractivity contribution in [2.45, 2.75) is 45.3 Å². The molecule has 1 aromatic carbocycles. The fraction of sp³-hybridized carbons (Fsp3) is 0.538. The van der Waals surface area contributed by atoms with Crippen LogP contribution < -0.4 is 0 Å². The third-order valence-corrected chi connectivity index (χ3v) is 2.95. The average molecular weight is 208 g/mol. The van der Waals surface area contributed by atoms with Crippen molar-refractivity contribution in [2.24, 2.45) is 0 Å². The van der Waals surface area contributed by atoms with Crippen molar-refractivity contribution >= 4 is 0 Å². The van der Waals surface area contributed by atoms with Crippen molar-refractivity contribution in [3.05, 3.63) is 35.4 Å². The van der Waals surface area contributed by atoms with Gasteiger partial charge in [-0.05, 0) is 25.8 Å². The lowest BCUT2D eigenvalue weighted by molar-refractivity contribution is -0.0629. The van der Waals surface area contributed by atoms with Crippen molar-refractivity contribution in [2.75, 3.05) is 0 Å². The van der Waals surface area contributed by atoms with E-state index in [9.17, 15) is 10.2 Å². The molecule has 0 radical (unpaired) electrons. The van der Waals surface area contributed by atoms with Gasteiger partial charge in [0.15, 0.2) is 0 Å². The fourth-order valence-corrected chi connectivity index (χ4v) is 1.52. The van der Waals surface area contributed by atoms with E-state index in [4.69, 9.17) is 0 Å². The summed E-state index contributed by atoms with van der Waals surface area (Å²) in [4.78, 5) is 0. The van der Waals surface area contributed by atoms with Crippen LogP contribution in [0.3, 0.4) is 0 Å². The molecule has 1 aromatic rings. The highest BCUT2D eigenvalue weighted by atomic mass is 16.3. The van der Waals surface area contributed by atoms with E-state index in [0.717, 1.165) is 5.56 Å². The molecule has 1 rings (SSSR count). The van der Waals surface area contributed by atoms with Crippen LogP contribution >= 0.6 is 0 Å². The molecule has 2 heteroatoms. The molecular formula is C13H20O2. The topological polar surface area (TPSA) is 40.5 Å². The number of rotatable bonds is 4. The van der Waals surface area contributed by atoms with Gasteiger partial charge >= 0.3 is 0 Å². The fourth-order valence-electron chi connectivity index (χ4n) is 1.52. The molecule has 2 N–H and O–H groups in total. The minimum atomic E-state index is -0.996. The molecule has 0 spiro atoms. The van der Waals surface area contributed by atoms with E-state index >= 15 is 0 Å². The van der Waals surface area contributed by atoms with E-state index in [2.05, 4.69) is 0 Å². The number of aryl methyl sites for hydroxylation is 1. The molecule has 0 fully saturated rings. The Kier molecular flexibility index (Phi) is 3.89. The van der Waals surface area contributed by atoms with E-state index in [1.807, 2.05) is 38.1 Å². The Balaban J connectivity index is 2.70. The van der Waals surface area contributed by atoms with E-state index in [1.165, 1.54) is 5.56 Å². The SMILES string of the molecule is CCC(C)(O)C(O)Cc1cccc(C)c1. The molecule has 0 bridgehead atoms. The maximum atomic E-state index is 9.87. The normalized spacial score (nSPS) is 17.1. The molecule has 2 nitrogen and oxygen atoms in total. The number of benzene rings is 1. The Bertz CT molecular complexity index is 318. The Labute approximate surface area is 91.6 Å². The van der Waals surface area contributed by atoms with Crippen LogP contribution in [0.1, 0.15) is 31.4 Å². The molecule has 0 saturated carbocycles. The van der Waals surface area contributed by atoms with Crippen LogP contribution in [0.2, 0.25) is 0 Å². The maximum Gasteiger partial charge on any atom is 0.0878 e. The summed E-state index contributed by atoms with van der Waals surface area (Å²) in [5.41, 5.74) is 1.25. The molecule has 0 amide bonds. The molecule has 15 heavy (non-hydrogen) atoms. The second-order valence-corrected chi connectivity index (χ2v) is 4.42. The van der Waals surface area contributed by atoms with Crippen LogP contribution in [0, 0.1) is 6.92 Å². The van der Waals surface area contributed by atoms with Crippen LogP contribution in [0.4, 0.5) is 0 Å². The third kappa shape index (κ3) is 3.33. The van der Waals surface area contributed by atoms with Crippen LogP contribution in [0.15, 0.2) is 24.3 Å². The minimum Gasteiger partial charge on any atom is -0.390 e. The van der Waals surface area contributed by atoms with Crippen molar-refractivity contribution < 1.29 is 10.2 Å². The zero-order valence-electron chi connectivity index (χ0n) is 9.70. The molecular weight excluding hydrogens is 188 g/mol. The van der Waals surface area contributed by atoms with Crippen molar-refractivity contribution in [1.82, 2.24) is 0 Å². The molecule has 0 aliphatic carbocycles. The average Bonchev–Trinajstić information content (AvgIpc) is 2.17. The summed E-state index contributed by atoms with van der Waals surface area (Å²) in [6.45, 7) is 5.57. The summed E-state index contributed by atoms with van der Waals surface area (Å²) in [6, 6.07) is 8.00. The lowest BCUT2D eigenvalue weighted by Crippen LogP contribution is -2.39. The van der Waals surface area contributed by atoms with Crippen LogP contribution in [0.5, 0.6) is 0 Å². The maximum absolute atomic E-state index is 9.87. The highest BCUT2D eigenvalue weighted by molar-refractivity contribution is 5.23. The highest BCUT2D eigenvalue weighted by Gasteiger charge is 2.27. The number of hydrogen-bond donors (Lipinski definition) is 2. The molecule has 0 aromatic heterocycles. The Morgan fingerprint density at radius 3 is 2.60 bits per heavy atom. The van der Waals surface area contributed by atoms with Gasteiger partial charge in [0, 0.05) is 6.42 Å². The Morgan fingerprint density at radius 2 is 2.07 bits per heavy atom. The summed E-state index contributed by atoms with van der Waals surface area (Å²) in [6.07, 6.45) is 0.354. The van der Waals surface area contributed by atoms with Gasteiger partial charge in [0.05, 0.1) is 11.7 Å². The van der Waals surface area contributed by atoms with Crippen LogP contribution in [-0.4, -0.2) is 21.9 Å². The first-order valence-electron chi connectivity index (χ1n) is 5.41. The Hall–Kier alpha value is -0.860. The lowest BCUT2D eigenvalue weighted by Gasteiger charge is -2.27. The molecule has 2 atom stereocenters. The van der Waals surface area contributed by atoms with Gasteiger partial charge in [-0.3, -0.25) is 0 Å². The van der Waals surface area contributed by atoms with Gasteiger partial charge in [-0.2, -0.15) is 0 Å². The quantitative estimate of drug-likeness (QED) is 0.795. The van der Waals surface area contributed by atoms with Crippen molar-refractivity contribution in [3.8, 4) is 0 Å². The summed E-state index contributed by atoms with van der Waals surface area (Å²) < 4.78 is 0. The van der Waals surface area contributed by atoms with Crippen LogP contribution in [0.25, 0.3) is 0 Å². The summed E-state index contributed by atoms with van der Waals surface area (Å²) >= 11 is 0.